The fourth-order valence-corrected chi connectivity index (χ4v) is 2.52. The molecular weight excluding hydrogens is 419 g/mol. The van der Waals surface area contributed by atoms with Crippen LogP contribution in [-0.2, 0) is 11.3 Å². The number of carbonyl (C=O) groups is 3. The topological polar surface area (TPSA) is 144 Å². The Morgan fingerprint density at radius 2 is 1.68 bits per heavy atom. The van der Waals surface area contributed by atoms with Gasteiger partial charge in [0.15, 0.2) is 11.6 Å². The normalized spacial score (nSPS) is 11.2. The number of nitrogens with one attached hydrogen (secondary N) is 2. The number of halogens is 3. The molecule has 0 bridgehead atoms. The van der Waals surface area contributed by atoms with Crippen LogP contribution in [0.15, 0.2) is 41.5 Å². The lowest BCUT2D eigenvalue weighted by atomic mass is 10.1. The predicted octanol–water partition coefficient (Wildman–Crippen LogP) is 2.92. The van der Waals surface area contributed by atoms with Gasteiger partial charge in [-0.25, -0.2) is 13.2 Å². The van der Waals surface area contributed by atoms with Crippen molar-refractivity contribution in [3.05, 3.63) is 81.0 Å². The smallest absolute Gasteiger partial charge is 0.305 e. The minimum atomic E-state index is -1.41. The molecule has 0 aliphatic rings. The second kappa shape index (κ2) is 10.6. The molecule has 162 valence electrons. The number of rotatable bonds is 9. The average Bonchev–Trinajstić information content (AvgIpc) is 2.72. The summed E-state index contributed by atoms with van der Waals surface area (Å²) in [6.45, 7) is -0.323. The Morgan fingerprint density at radius 1 is 1.03 bits per heavy atom. The van der Waals surface area contributed by atoms with Crippen LogP contribution in [0.1, 0.15) is 32.7 Å². The first kappa shape index (κ1) is 23.2. The van der Waals surface area contributed by atoms with Crippen molar-refractivity contribution in [3.8, 4) is 0 Å². The highest BCUT2D eigenvalue weighted by Gasteiger charge is 2.18. The zero-order chi connectivity index (χ0) is 23.0. The van der Waals surface area contributed by atoms with Gasteiger partial charge in [-0.1, -0.05) is 17.2 Å². The molecule has 0 heterocycles. The van der Waals surface area contributed by atoms with Gasteiger partial charge in [0.2, 0.25) is 0 Å². The van der Waals surface area contributed by atoms with Gasteiger partial charge in [-0.15, -0.1) is 0 Å². The molecule has 0 spiro atoms. The van der Waals surface area contributed by atoms with Crippen molar-refractivity contribution in [2.24, 2.45) is 5.11 Å². The van der Waals surface area contributed by atoms with Crippen molar-refractivity contribution >= 4 is 17.8 Å². The van der Waals surface area contributed by atoms with Gasteiger partial charge in [-0.3, -0.25) is 14.4 Å². The minimum absolute atomic E-state index is 0.0856. The number of hydrogen-bond acceptors (Lipinski definition) is 4. The summed E-state index contributed by atoms with van der Waals surface area (Å²) in [5, 5.41) is 16.9. The van der Waals surface area contributed by atoms with Crippen LogP contribution in [-0.4, -0.2) is 35.5 Å². The zero-order valence-electron chi connectivity index (χ0n) is 15.8. The number of benzene rings is 2. The Morgan fingerprint density at radius 3 is 2.29 bits per heavy atom. The third-order valence-electron chi connectivity index (χ3n) is 4.05. The SMILES string of the molecule is [N-]=[N+]=NC[C@H](CC(=O)O)NC(=O)c1ccc(CNC(=O)c2cc(F)c(F)cc2F)cc1. The largest absolute Gasteiger partial charge is 0.481 e. The van der Waals surface area contributed by atoms with Crippen molar-refractivity contribution in [1.29, 1.82) is 0 Å². The molecule has 1 atom stereocenters. The first-order valence-corrected chi connectivity index (χ1v) is 8.76. The molecule has 3 N–H and O–H groups in total. The number of aliphatic carboxylic acids is 1. The number of carbonyl (C=O) groups excluding carboxylic acids is 2. The summed E-state index contributed by atoms with van der Waals surface area (Å²) < 4.78 is 39.8. The lowest BCUT2D eigenvalue weighted by molar-refractivity contribution is -0.137. The molecule has 0 aliphatic heterocycles. The molecule has 2 amide bonds. The van der Waals surface area contributed by atoms with E-state index in [0.29, 0.717) is 11.6 Å². The maximum atomic E-state index is 13.6. The van der Waals surface area contributed by atoms with Gasteiger partial charge in [0.25, 0.3) is 11.8 Å². The number of nitrogens with zero attached hydrogens (tertiary/aromatic N) is 3. The van der Waals surface area contributed by atoms with E-state index in [1.165, 1.54) is 24.3 Å². The summed E-state index contributed by atoms with van der Waals surface area (Å²) in [7, 11) is 0. The Balaban J connectivity index is 1.99. The number of carboxylic acid groups (broad SMARTS) is 1. The van der Waals surface area contributed by atoms with Crippen molar-refractivity contribution in [1.82, 2.24) is 10.6 Å². The fourth-order valence-electron chi connectivity index (χ4n) is 2.52. The van der Waals surface area contributed by atoms with E-state index < -0.39 is 53.3 Å². The Kier molecular flexibility index (Phi) is 7.98. The zero-order valence-corrected chi connectivity index (χ0v) is 15.8. The molecule has 0 saturated heterocycles. The third-order valence-corrected chi connectivity index (χ3v) is 4.05. The van der Waals surface area contributed by atoms with Crippen LogP contribution in [0.4, 0.5) is 13.2 Å². The lowest BCUT2D eigenvalue weighted by Crippen LogP contribution is -2.38. The Hall–Kier alpha value is -4.05. The number of carboxylic acids is 1. The summed E-state index contributed by atoms with van der Waals surface area (Å²) in [4.78, 5) is 37.6. The van der Waals surface area contributed by atoms with Crippen LogP contribution in [0.5, 0.6) is 0 Å². The first-order valence-electron chi connectivity index (χ1n) is 8.76. The van der Waals surface area contributed by atoms with Crippen LogP contribution in [0, 0.1) is 17.5 Å². The van der Waals surface area contributed by atoms with E-state index in [0.717, 1.165) is 0 Å². The van der Waals surface area contributed by atoms with E-state index in [1.807, 2.05) is 0 Å². The Bertz CT molecular complexity index is 1040. The van der Waals surface area contributed by atoms with Crippen LogP contribution in [0.25, 0.3) is 10.4 Å². The predicted molar refractivity (Wildman–Crippen MR) is 101 cm³/mol. The molecule has 31 heavy (non-hydrogen) atoms. The highest BCUT2D eigenvalue weighted by Crippen LogP contribution is 2.14. The van der Waals surface area contributed by atoms with Crippen LogP contribution in [0.2, 0.25) is 0 Å². The monoisotopic (exact) mass is 435 g/mol. The van der Waals surface area contributed by atoms with Gasteiger partial charge < -0.3 is 15.7 Å². The molecule has 2 rings (SSSR count). The highest BCUT2D eigenvalue weighted by atomic mass is 19.2. The molecule has 0 radical (unpaired) electrons. The molecule has 0 aliphatic carbocycles. The maximum absolute atomic E-state index is 13.6. The minimum Gasteiger partial charge on any atom is -0.481 e. The standard InChI is InChI=1S/C19H16F3N5O4/c20-14-7-16(22)15(21)6-13(14)19(31)24-8-10-1-3-11(4-2-10)18(30)26-12(5-17(28)29)9-25-27-23/h1-4,6-7,12H,5,8-9H2,(H,24,31)(H,26,30)(H,28,29)/t12-/m0/s1. The fraction of sp³-hybridized carbons (Fsp3) is 0.211. The number of azide groups is 1. The van der Waals surface area contributed by atoms with Gasteiger partial charge in [-0.05, 0) is 29.3 Å². The molecule has 12 heteroatoms. The second-order valence-electron chi connectivity index (χ2n) is 6.31. The van der Waals surface area contributed by atoms with Crippen molar-refractivity contribution in [2.75, 3.05) is 6.54 Å². The van der Waals surface area contributed by atoms with Gasteiger partial charge in [-0.2, -0.15) is 0 Å². The maximum Gasteiger partial charge on any atom is 0.305 e. The van der Waals surface area contributed by atoms with Gasteiger partial charge in [0.1, 0.15) is 5.82 Å². The summed E-state index contributed by atoms with van der Waals surface area (Å²) in [5.74, 6) is -6.70. The van der Waals surface area contributed by atoms with E-state index in [9.17, 15) is 27.6 Å². The molecular formula is C19H16F3N5O4. The van der Waals surface area contributed by atoms with Crippen LogP contribution < -0.4 is 10.6 Å². The molecule has 0 unspecified atom stereocenters. The summed E-state index contributed by atoms with van der Waals surface area (Å²) >= 11 is 0. The summed E-state index contributed by atoms with van der Waals surface area (Å²) in [6.07, 6.45) is -0.435. The van der Waals surface area contributed by atoms with Crippen molar-refractivity contribution in [2.45, 2.75) is 19.0 Å². The molecule has 0 saturated carbocycles. The quantitative estimate of drug-likeness (QED) is 0.241. The van der Waals surface area contributed by atoms with Crippen LogP contribution >= 0.6 is 0 Å². The van der Waals surface area contributed by atoms with E-state index >= 15 is 0 Å². The van der Waals surface area contributed by atoms with Gasteiger partial charge in [0, 0.05) is 35.7 Å². The lowest BCUT2D eigenvalue weighted by Gasteiger charge is -2.14. The first-order chi connectivity index (χ1) is 14.7. The van der Waals surface area contributed by atoms with Crippen molar-refractivity contribution < 1.29 is 32.7 Å². The van der Waals surface area contributed by atoms with Crippen LogP contribution in [0.3, 0.4) is 0 Å². The van der Waals surface area contributed by atoms with Gasteiger partial charge >= 0.3 is 5.97 Å². The summed E-state index contributed by atoms with van der Waals surface area (Å²) in [6, 6.07) is 5.60. The molecule has 0 fully saturated rings. The van der Waals surface area contributed by atoms with Crippen molar-refractivity contribution in [3.63, 3.8) is 0 Å². The average molecular weight is 435 g/mol. The van der Waals surface area contributed by atoms with E-state index in [1.54, 1.807) is 0 Å². The Labute approximate surface area is 173 Å². The van der Waals surface area contributed by atoms with E-state index in [2.05, 4.69) is 20.7 Å². The highest BCUT2D eigenvalue weighted by molar-refractivity contribution is 5.95. The summed E-state index contributed by atoms with van der Waals surface area (Å²) in [5.41, 5.74) is 8.39. The third kappa shape index (κ3) is 6.75. The van der Waals surface area contributed by atoms with E-state index in [4.69, 9.17) is 10.6 Å². The van der Waals surface area contributed by atoms with Gasteiger partial charge in [0.05, 0.1) is 12.0 Å². The van der Waals surface area contributed by atoms with E-state index in [-0.39, 0.29) is 24.7 Å². The second-order valence-corrected chi connectivity index (χ2v) is 6.31. The molecule has 2 aromatic rings. The number of hydrogen-bond donors (Lipinski definition) is 3. The molecule has 0 aromatic heterocycles. The number of amides is 2. The molecule has 2 aromatic carbocycles. The molecule has 9 nitrogen and oxygen atoms in total.